The maximum Gasteiger partial charge on any atom is 0.347 e. The molecular formula is C28H25ClFNO5. The second-order valence-corrected chi connectivity index (χ2v) is 9.38. The Kier molecular flexibility index (Phi) is 6.78. The van der Waals surface area contributed by atoms with Crippen molar-refractivity contribution in [3.63, 3.8) is 0 Å². The molecule has 0 aliphatic heterocycles. The van der Waals surface area contributed by atoms with Gasteiger partial charge in [0, 0.05) is 34.8 Å². The van der Waals surface area contributed by atoms with Crippen molar-refractivity contribution in [2.45, 2.75) is 32.9 Å². The van der Waals surface area contributed by atoms with E-state index in [2.05, 4.69) is 0 Å². The minimum absolute atomic E-state index is 0.0724. The van der Waals surface area contributed by atoms with Gasteiger partial charge in [0.1, 0.15) is 17.3 Å². The molecule has 0 aliphatic rings. The van der Waals surface area contributed by atoms with Crippen LogP contribution in [-0.2, 0) is 11.3 Å². The Bertz CT molecular complexity index is 1470. The number of ether oxygens (including phenoxy) is 2. The molecule has 0 saturated heterocycles. The van der Waals surface area contributed by atoms with Gasteiger partial charge in [-0.25, -0.2) is 9.18 Å². The molecule has 0 unspecified atom stereocenters. The standard InChI is InChI=1S/C28H25ClFNO5/c1-16-25(26(32)21-11-9-19(35-4)13-23(21)30)22-12-10-20(36-28(2,3)27(33)34)14-24(22)31(16)15-17-5-7-18(29)8-6-17/h5-14H,15H2,1-4H3,(H,33,34). The van der Waals surface area contributed by atoms with Crippen LogP contribution in [0.15, 0.2) is 60.7 Å². The van der Waals surface area contributed by atoms with Crippen molar-refractivity contribution < 1.29 is 28.6 Å². The number of benzene rings is 3. The van der Waals surface area contributed by atoms with Crippen LogP contribution in [0.4, 0.5) is 4.39 Å². The van der Waals surface area contributed by atoms with E-state index in [0.29, 0.717) is 45.2 Å². The number of fused-ring (bicyclic) bond motifs is 1. The zero-order valence-electron chi connectivity index (χ0n) is 20.3. The smallest absolute Gasteiger partial charge is 0.347 e. The molecule has 0 spiro atoms. The van der Waals surface area contributed by atoms with E-state index in [9.17, 15) is 19.1 Å². The monoisotopic (exact) mass is 509 g/mol. The summed E-state index contributed by atoms with van der Waals surface area (Å²) in [6.07, 6.45) is 0. The highest BCUT2D eigenvalue weighted by atomic mass is 35.5. The first-order valence-electron chi connectivity index (χ1n) is 11.2. The van der Waals surface area contributed by atoms with E-state index in [1.54, 1.807) is 43.3 Å². The number of hydrogen-bond donors (Lipinski definition) is 1. The normalized spacial score (nSPS) is 11.5. The number of aliphatic carboxylic acids is 1. The lowest BCUT2D eigenvalue weighted by Gasteiger charge is -2.21. The van der Waals surface area contributed by atoms with Gasteiger partial charge in [0.05, 0.1) is 23.8 Å². The van der Waals surface area contributed by atoms with Crippen LogP contribution in [0.2, 0.25) is 5.02 Å². The van der Waals surface area contributed by atoms with Crippen molar-refractivity contribution in [2.75, 3.05) is 7.11 Å². The summed E-state index contributed by atoms with van der Waals surface area (Å²) in [5.41, 5.74) is 1.05. The number of carbonyl (C=O) groups is 2. The topological polar surface area (TPSA) is 77.8 Å². The van der Waals surface area contributed by atoms with E-state index >= 15 is 0 Å². The Morgan fingerprint density at radius 3 is 2.31 bits per heavy atom. The van der Waals surface area contributed by atoms with Crippen LogP contribution in [0.1, 0.15) is 41.0 Å². The summed E-state index contributed by atoms with van der Waals surface area (Å²) in [6.45, 7) is 5.12. The van der Waals surface area contributed by atoms with Crippen LogP contribution in [0.25, 0.3) is 10.9 Å². The number of carboxylic acids is 1. The number of rotatable bonds is 8. The lowest BCUT2D eigenvalue weighted by atomic mass is 9.99. The molecule has 0 atom stereocenters. The predicted octanol–water partition coefficient (Wildman–Crippen LogP) is 6.27. The maximum atomic E-state index is 14.8. The summed E-state index contributed by atoms with van der Waals surface area (Å²) in [6, 6.07) is 16.4. The molecule has 186 valence electrons. The molecule has 1 aromatic heterocycles. The molecule has 1 N–H and O–H groups in total. The molecule has 0 amide bonds. The third-order valence-corrected chi connectivity index (χ3v) is 6.34. The largest absolute Gasteiger partial charge is 0.497 e. The number of aromatic nitrogens is 1. The number of carbonyl (C=O) groups excluding carboxylic acids is 1. The third-order valence-electron chi connectivity index (χ3n) is 6.09. The van der Waals surface area contributed by atoms with Crippen molar-refractivity contribution >= 4 is 34.3 Å². The fourth-order valence-corrected chi connectivity index (χ4v) is 4.19. The van der Waals surface area contributed by atoms with E-state index in [0.717, 1.165) is 5.56 Å². The summed E-state index contributed by atoms with van der Waals surface area (Å²) >= 11 is 6.04. The number of methoxy groups -OCH3 is 1. The van der Waals surface area contributed by atoms with E-state index in [-0.39, 0.29) is 5.56 Å². The van der Waals surface area contributed by atoms with Crippen molar-refractivity contribution in [2.24, 2.45) is 0 Å². The lowest BCUT2D eigenvalue weighted by molar-refractivity contribution is -0.152. The molecule has 3 aromatic carbocycles. The molecule has 0 bridgehead atoms. The number of ketones is 1. The first-order chi connectivity index (χ1) is 17.0. The number of nitrogens with zero attached hydrogens (tertiary/aromatic N) is 1. The summed E-state index contributed by atoms with van der Waals surface area (Å²) in [4.78, 5) is 25.2. The number of carboxylic acid groups (broad SMARTS) is 1. The number of halogens is 2. The van der Waals surface area contributed by atoms with Crippen molar-refractivity contribution in [1.29, 1.82) is 0 Å². The Morgan fingerprint density at radius 1 is 1.03 bits per heavy atom. The van der Waals surface area contributed by atoms with Gasteiger partial charge in [-0.15, -0.1) is 0 Å². The minimum Gasteiger partial charge on any atom is -0.497 e. The third kappa shape index (κ3) is 4.79. The van der Waals surface area contributed by atoms with Crippen molar-refractivity contribution in [3.8, 4) is 11.5 Å². The van der Waals surface area contributed by atoms with Gasteiger partial charge < -0.3 is 19.1 Å². The van der Waals surface area contributed by atoms with Gasteiger partial charge in [0.25, 0.3) is 0 Å². The van der Waals surface area contributed by atoms with Crippen molar-refractivity contribution in [3.05, 3.63) is 93.9 Å². The zero-order chi connectivity index (χ0) is 26.2. The van der Waals surface area contributed by atoms with Gasteiger partial charge in [-0.1, -0.05) is 23.7 Å². The highest BCUT2D eigenvalue weighted by Gasteiger charge is 2.30. The van der Waals surface area contributed by atoms with E-state index in [4.69, 9.17) is 21.1 Å². The number of hydrogen-bond acceptors (Lipinski definition) is 4. The molecule has 0 aliphatic carbocycles. The molecule has 1 heterocycles. The maximum absolute atomic E-state index is 14.8. The average molecular weight is 510 g/mol. The Labute approximate surface area is 212 Å². The fraction of sp³-hybridized carbons (Fsp3) is 0.214. The molecule has 4 aromatic rings. The molecule has 8 heteroatoms. The van der Waals surface area contributed by atoms with Crippen LogP contribution >= 0.6 is 11.6 Å². The van der Waals surface area contributed by atoms with E-state index in [1.165, 1.54) is 33.1 Å². The molecule has 0 saturated carbocycles. The molecule has 0 fully saturated rings. The molecule has 4 rings (SSSR count). The minimum atomic E-state index is -1.46. The predicted molar refractivity (Wildman–Crippen MR) is 136 cm³/mol. The average Bonchev–Trinajstić information content (AvgIpc) is 3.10. The molecule has 36 heavy (non-hydrogen) atoms. The summed E-state index contributed by atoms with van der Waals surface area (Å²) in [5.74, 6) is -1.61. The van der Waals surface area contributed by atoms with E-state index in [1.807, 2.05) is 16.7 Å². The van der Waals surface area contributed by atoms with Crippen LogP contribution in [0, 0.1) is 12.7 Å². The second kappa shape index (κ2) is 9.66. The summed E-state index contributed by atoms with van der Waals surface area (Å²) < 4.78 is 27.6. The highest BCUT2D eigenvalue weighted by molar-refractivity contribution is 6.30. The van der Waals surface area contributed by atoms with Gasteiger partial charge in [0.15, 0.2) is 11.4 Å². The summed E-state index contributed by atoms with van der Waals surface area (Å²) in [7, 11) is 1.43. The SMILES string of the molecule is COc1ccc(C(=O)c2c(C)n(Cc3ccc(Cl)cc3)c3cc(OC(C)(C)C(=O)O)ccc23)c(F)c1. The van der Waals surface area contributed by atoms with Crippen LogP contribution < -0.4 is 9.47 Å². The quantitative estimate of drug-likeness (QED) is 0.283. The highest BCUT2D eigenvalue weighted by Crippen LogP contribution is 2.33. The van der Waals surface area contributed by atoms with Gasteiger partial charge in [0.2, 0.25) is 0 Å². The van der Waals surface area contributed by atoms with Crippen LogP contribution in [0.3, 0.4) is 0 Å². The lowest BCUT2D eigenvalue weighted by Crippen LogP contribution is -2.37. The first kappa shape index (κ1) is 25.3. The first-order valence-corrected chi connectivity index (χ1v) is 11.6. The van der Waals surface area contributed by atoms with E-state index < -0.39 is 23.2 Å². The molecule has 6 nitrogen and oxygen atoms in total. The Morgan fingerprint density at radius 2 is 1.69 bits per heavy atom. The van der Waals surface area contributed by atoms with Gasteiger partial charge in [-0.05, 0) is 62.7 Å². The van der Waals surface area contributed by atoms with Crippen LogP contribution in [0.5, 0.6) is 11.5 Å². The Hall–Kier alpha value is -3.84. The zero-order valence-corrected chi connectivity index (χ0v) is 21.0. The van der Waals surface area contributed by atoms with Gasteiger partial charge >= 0.3 is 5.97 Å². The molecule has 0 radical (unpaired) electrons. The van der Waals surface area contributed by atoms with Crippen molar-refractivity contribution in [1.82, 2.24) is 4.57 Å². The Balaban J connectivity index is 1.88. The van der Waals surface area contributed by atoms with Gasteiger partial charge in [-0.2, -0.15) is 0 Å². The van der Waals surface area contributed by atoms with Crippen LogP contribution in [-0.4, -0.2) is 34.1 Å². The summed E-state index contributed by atoms with van der Waals surface area (Å²) in [5, 5.41) is 10.7. The fourth-order valence-electron chi connectivity index (χ4n) is 4.06. The van der Waals surface area contributed by atoms with Gasteiger partial charge in [-0.3, -0.25) is 4.79 Å². The molecular weight excluding hydrogens is 485 g/mol. The second-order valence-electron chi connectivity index (χ2n) is 8.94.